The summed E-state index contributed by atoms with van der Waals surface area (Å²) in [5.41, 5.74) is 1.61. The topological polar surface area (TPSA) is 79.8 Å². The van der Waals surface area contributed by atoms with Crippen molar-refractivity contribution in [3.05, 3.63) is 59.4 Å². The number of nitrogens with zero attached hydrogens (tertiary/aromatic N) is 1. The number of nitrogens with one attached hydrogen (secondary N) is 2. The second-order valence-electron chi connectivity index (χ2n) is 7.03. The summed E-state index contributed by atoms with van der Waals surface area (Å²) in [6.45, 7) is 7.26. The van der Waals surface area contributed by atoms with Gasteiger partial charge in [-0.2, -0.15) is 0 Å². The predicted octanol–water partition coefficient (Wildman–Crippen LogP) is 3.45. The molecule has 164 valence electrons. The highest BCUT2D eigenvalue weighted by Gasteiger charge is 2.13. The number of benzene rings is 2. The van der Waals surface area contributed by atoms with Crippen LogP contribution in [0.5, 0.6) is 5.75 Å². The van der Waals surface area contributed by atoms with E-state index >= 15 is 0 Å². The number of sulfone groups is 1. The molecule has 2 N–H and O–H groups in total. The summed E-state index contributed by atoms with van der Waals surface area (Å²) in [6, 6.07) is 11.6. The predicted molar refractivity (Wildman–Crippen MR) is 118 cm³/mol. The van der Waals surface area contributed by atoms with Crippen LogP contribution in [0.25, 0.3) is 0 Å². The van der Waals surface area contributed by atoms with Crippen molar-refractivity contribution in [2.45, 2.75) is 44.7 Å². The molecule has 30 heavy (non-hydrogen) atoms. The summed E-state index contributed by atoms with van der Waals surface area (Å²) in [5, 5.41) is 6.40. The molecule has 0 bridgehead atoms. The maximum absolute atomic E-state index is 13.8. The molecule has 6 nitrogen and oxygen atoms in total. The van der Waals surface area contributed by atoms with Gasteiger partial charge in [-0.05, 0) is 49.6 Å². The lowest BCUT2D eigenvalue weighted by molar-refractivity contribution is 0.191. The Morgan fingerprint density at radius 3 is 2.50 bits per heavy atom. The van der Waals surface area contributed by atoms with Crippen LogP contribution < -0.4 is 15.4 Å². The average Bonchev–Trinajstić information content (AvgIpc) is 2.69. The van der Waals surface area contributed by atoms with Crippen LogP contribution in [0.1, 0.15) is 31.4 Å². The lowest BCUT2D eigenvalue weighted by atomic mass is 10.1. The van der Waals surface area contributed by atoms with E-state index in [1.165, 1.54) is 12.3 Å². The summed E-state index contributed by atoms with van der Waals surface area (Å²) in [6.07, 6.45) is 1.68. The van der Waals surface area contributed by atoms with Gasteiger partial charge in [-0.25, -0.2) is 17.8 Å². The number of guanidine groups is 1. The summed E-state index contributed by atoms with van der Waals surface area (Å²) >= 11 is 0. The van der Waals surface area contributed by atoms with E-state index in [9.17, 15) is 12.8 Å². The summed E-state index contributed by atoms with van der Waals surface area (Å²) in [5.74, 6) is 0.455. The fourth-order valence-corrected chi connectivity index (χ4v) is 3.90. The minimum atomic E-state index is -3.24. The smallest absolute Gasteiger partial charge is 0.191 e. The van der Waals surface area contributed by atoms with Gasteiger partial charge in [0.05, 0.1) is 18.0 Å². The summed E-state index contributed by atoms with van der Waals surface area (Å²) < 4.78 is 43.1. The van der Waals surface area contributed by atoms with Gasteiger partial charge < -0.3 is 15.4 Å². The second-order valence-corrected chi connectivity index (χ2v) is 9.01. The van der Waals surface area contributed by atoms with Gasteiger partial charge in [-0.15, -0.1) is 0 Å². The fourth-order valence-electron chi connectivity index (χ4n) is 2.94. The van der Waals surface area contributed by atoms with Gasteiger partial charge in [0, 0.05) is 12.8 Å². The summed E-state index contributed by atoms with van der Waals surface area (Å²) in [4.78, 5) is 4.89. The fraction of sp³-hybridized carbons (Fsp3) is 0.409. The van der Waals surface area contributed by atoms with Gasteiger partial charge in [0.25, 0.3) is 0 Å². The molecule has 2 rings (SSSR count). The highest BCUT2D eigenvalue weighted by atomic mass is 32.2. The van der Waals surface area contributed by atoms with Crippen molar-refractivity contribution in [1.82, 2.24) is 10.6 Å². The van der Waals surface area contributed by atoms with Crippen molar-refractivity contribution >= 4 is 15.8 Å². The van der Waals surface area contributed by atoms with Crippen LogP contribution in [0, 0.1) is 12.7 Å². The third-order valence-corrected chi connectivity index (χ3v) is 5.74. The first-order valence-corrected chi connectivity index (χ1v) is 11.9. The number of hydrogen-bond donors (Lipinski definition) is 2. The van der Waals surface area contributed by atoms with Crippen LogP contribution in [0.3, 0.4) is 0 Å². The molecule has 2 aromatic rings. The lowest BCUT2D eigenvalue weighted by Crippen LogP contribution is -2.42. The Morgan fingerprint density at radius 1 is 1.17 bits per heavy atom. The van der Waals surface area contributed by atoms with E-state index in [4.69, 9.17) is 4.74 Å². The van der Waals surface area contributed by atoms with Crippen LogP contribution in [0.2, 0.25) is 0 Å². The number of para-hydroxylation sites is 1. The van der Waals surface area contributed by atoms with E-state index in [0.717, 1.165) is 5.56 Å². The molecule has 0 spiro atoms. The molecule has 0 saturated heterocycles. The zero-order chi connectivity index (χ0) is 22.1. The first-order chi connectivity index (χ1) is 14.2. The molecule has 0 radical (unpaired) electrons. The van der Waals surface area contributed by atoms with Crippen molar-refractivity contribution in [2.75, 3.05) is 19.3 Å². The molecule has 0 saturated carbocycles. The molecule has 8 heteroatoms. The molecule has 1 unspecified atom stereocenters. The first kappa shape index (κ1) is 23.7. The highest BCUT2D eigenvalue weighted by molar-refractivity contribution is 7.90. The van der Waals surface area contributed by atoms with Crippen molar-refractivity contribution in [3.8, 4) is 5.75 Å². The average molecular weight is 436 g/mol. The van der Waals surface area contributed by atoms with Crippen LogP contribution in [-0.2, 0) is 16.4 Å². The number of aliphatic imine (C=N–C) groups is 1. The monoisotopic (exact) mass is 435 g/mol. The largest absolute Gasteiger partial charge is 0.486 e. The molecule has 0 heterocycles. The highest BCUT2D eigenvalue weighted by Crippen LogP contribution is 2.18. The normalized spacial score (nSPS) is 13.0. The molecule has 0 amide bonds. The number of rotatable bonds is 9. The molecule has 0 aliphatic heterocycles. The van der Waals surface area contributed by atoms with Gasteiger partial charge in [0.15, 0.2) is 27.4 Å². The number of halogens is 1. The third kappa shape index (κ3) is 7.02. The zero-order valence-electron chi connectivity index (χ0n) is 17.9. The second kappa shape index (κ2) is 11.0. The SMILES string of the molecule is CCNC(=NCc1ccc(S(C)(=O)=O)c(C)c1)NCC(CC)Oc1ccccc1F. The molecule has 0 aromatic heterocycles. The third-order valence-electron chi connectivity index (χ3n) is 4.49. The van der Waals surface area contributed by atoms with Gasteiger partial charge in [0.1, 0.15) is 6.10 Å². The van der Waals surface area contributed by atoms with E-state index in [0.29, 0.717) is 42.5 Å². The van der Waals surface area contributed by atoms with E-state index in [1.807, 2.05) is 19.9 Å². The molecule has 0 aliphatic rings. The van der Waals surface area contributed by atoms with Crippen LogP contribution >= 0.6 is 0 Å². The van der Waals surface area contributed by atoms with Crippen molar-refractivity contribution < 1.29 is 17.5 Å². The van der Waals surface area contributed by atoms with Gasteiger partial charge in [0.2, 0.25) is 0 Å². The quantitative estimate of drug-likeness (QED) is 0.466. The number of ether oxygens (including phenoxy) is 1. The first-order valence-electron chi connectivity index (χ1n) is 9.97. The standard InChI is InChI=1S/C22H30FN3O3S/c1-5-18(29-20-10-8-7-9-19(20)23)15-26-22(24-6-2)25-14-17-11-12-21(16(3)13-17)30(4,27)28/h7-13,18H,5-6,14-15H2,1-4H3,(H2,24,25,26). The van der Waals surface area contributed by atoms with E-state index in [1.54, 1.807) is 37.3 Å². The van der Waals surface area contributed by atoms with E-state index < -0.39 is 9.84 Å². The van der Waals surface area contributed by atoms with Crippen molar-refractivity contribution in [2.24, 2.45) is 4.99 Å². The Bertz CT molecular complexity index is 977. The molecule has 2 aromatic carbocycles. The summed E-state index contributed by atoms with van der Waals surface area (Å²) in [7, 11) is -3.24. The van der Waals surface area contributed by atoms with Crippen molar-refractivity contribution in [1.29, 1.82) is 0 Å². The molecular formula is C22H30FN3O3S. The maximum atomic E-state index is 13.8. The molecule has 0 aliphatic carbocycles. The number of aryl methyl sites for hydroxylation is 1. The van der Waals surface area contributed by atoms with Crippen LogP contribution in [0.4, 0.5) is 4.39 Å². The Hall–Kier alpha value is -2.61. The Morgan fingerprint density at radius 2 is 1.90 bits per heavy atom. The maximum Gasteiger partial charge on any atom is 0.191 e. The molecule has 0 fully saturated rings. The van der Waals surface area contributed by atoms with Crippen LogP contribution in [-0.4, -0.2) is 39.8 Å². The minimum absolute atomic E-state index is 0.220. The Labute approximate surface area is 178 Å². The van der Waals surface area contributed by atoms with Gasteiger partial charge in [-0.1, -0.05) is 31.2 Å². The van der Waals surface area contributed by atoms with E-state index in [2.05, 4.69) is 15.6 Å². The number of hydrogen-bond acceptors (Lipinski definition) is 4. The van der Waals surface area contributed by atoms with Crippen LogP contribution in [0.15, 0.2) is 52.4 Å². The zero-order valence-corrected chi connectivity index (χ0v) is 18.7. The van der Waals surface area contributed by atoms with Crippen molar-refractivity contribution in [3.63, 3.8) is 0 Å². The Kier molecular flexibility index (Phi) is 8.65. The van der Waals surface area contributed by atoms with E-state index in [-0.39, 0.29) is 17.7 Å². The Balaban J connectivity index is 2.03. The van der Waals surface area contributed by atoms with Gasteiger partial charge in [-0.3, -0.25) is 0 Å². The molecular weight excluding hydrogens is 405 g/mol. The van der Waals surface area contributed by atoms with Gasteiger partial charge >= 0.3 is 0 Å². The minimum Gasteiger partial charge on any atom is -0.486 e. The molecule has 1 atom stereocenters. The lowest BCUT2D eigenvalue weighted by Gasteiger charge is -2.20.